The number of hydrogen-bond donors (Lipinski definition) is 1. The fourth-order valence-electron chi connectivity index (χ4n) is 3.44. The number of phenolic OH excluding ortho intramolecular Hbond substituents is 1. The number of piperidine rings is 1. The van der Waals surface area contributed by atoms with Crippen molar-refractivity contribution in [3.8, 4) is 11.8 Å². The number of sulfonamides is 1. The highest BCUT2D eigenvalue weighted by molar-refractivity contribution is 7.93. The predicted octanol–water partition coefficient (Wildman–Crippen LogP) is 4.67. The lowest BCUT2D eigenvalue weighted by atomic mass is 9.78. The molecule has 0 aromatic heterocycles. The van der Waals surface area contributed by atoms with Crippen molar-refractivity contribution in [1.82, 2.24) is 4.31 Å². The second kappa shape index (κ2) is 7.88. The SMILES string of the molecule is CC(C)(C)c1cc(C=C(C#N)S(=O)(=O)N2CCCCC2)cc(C(C)(C)C)c1O. The Bertz CT molecular complexity index is 870. The van der Waals surface area contributed by atoms with Gasteiger partial charge in [-0.2, -0.15) is 9.57 Å². The van der Waals surface area contributed by atoms with Crippen LogP contribution in [0.3, 0.4) is 0 Å². The second-order valence-electron chi connectivity index (χ2n) is 9.55. The van der Waals surface area contributed by atoms with E-state index in [-0.39, 0.29) is 21.5 Å². The van der Waals surface area contributed by atoms with Crippen LogP contribution in [0.25, 0.3) is 6.08 Å². The normalized spacial score (nSPS) is 17.4. The Morgan fingerprint density at radius 2 is 1.50 bits per heavy atom. The Labute approximate surface area is 169 Å². The summed E-state index contributed by atoms with van der Waals surface area (Å²) < 4.78 is 27.3. The third kappa shape index (κ3) is 4.76. The molecule has 1 N–H and O–H groups in total. The van der Waals surface area contributed by atoms with Crippen LogP contribution in [0, 0.1) is 11.3 Å². The molecule has 1 heterocycles. The minimum atomic E-state index is -3.81. The van der Waals surface area contributed by atoms with Crippen LogP contribution >= 0.6 is 0 Å². The van der Waals surface area contributed by atoms with Gasteiger partial charge in [0, 0.05) is 24.2 Å². The molecule has 1 fully saturated rings. The van der Waals surface area contributed by atoms with Gasteiger partial charge in [0.2, 0.25) is 0 Å². The van der Waals surface area contributed by atoms with Gasteiger partial charge < -0.3 is 5.11 Å². The molecule has 28 heavy (non-hydrogen) atoms. The van der Waals surface area contributed by atoms with E-state index in [1.807, 2.05) is 47.6 Å². The zero-order valence-corrected chi connectivity index (χ0v) is 18.7. The fraction of sp³-hybridized carbons (Fsp3) is 0.591. The molecule has 0 spiro atoms. The van der Waals surface area contributed by atoms with E-state index in [9.17, 15) is 18.8 Å². The number of benzene rings is 1. The van der Waals surface area contributed by atoms with Gasteiger partial charge in [-0.1, -0.05) is 48.0 Å². The first kappa shape index (κ1) is 22.4. The Morgan fingerprint density at radius 1 is 1.04 bits per heavy atom. The quantitative estimate of drug-likeness (QED) is 0.743. The van der Waals surface area contributed by atoms with Gasteiger partial charge in [0.1, 0.15) is 11.8 Å². The van der Waals surface area contributed by atoms with E-state index in [4.69, 9.17) is 0 Å². The van der Waals surface area contributed by atoms with Crippen molar-refractivity contribution in [3.05, 3.63) is 33.7 Å². The molecule has 0 radical (unpaired) electrons. The first-order chi connectivity index (χ1) is 12.8. The lowest BCUT2D eigenvalue weighted by Gasteiger charge is -2.28. The second-order valence-corrected chi connectivity index (χ2v) is 11.5. The topological polar surface area (TPSA) is 81.4 Å². The number of hydrogen-bond acceptors (Lipinski definition) is 4. The maximum Gasteiger partial charge on any atom is 0.253 e. The van der Waals surface area contributed by atoms with Crippen LogP contribution in [0.4, 0.5) is 0 Å². The molecule has 154 valence electrons. The molecule has 6 heteroatoms. The Morgan fingerprint density at radius 3 is 1.89 bits per heavy atom. The third-order valence-electron chi connectivity index (χ3n) is 5.09. The van der Waals surface area contributed by atoms with Gasteiger partial charge in [-0.3, -0.25) is 0 Å². The van der Waals surface area contributed by atoms with Crippen LogP contribution in [0.5, 0.6) is 5.75 Å². The van der Waals surface area contributed by atoms with E-state index >= 15 is 0 Å². The number of nitrogens with zero attached hydrogens (tertiary/aromatic N) is 2. The molecular weight excluding hydrogens is 372 g/mol. The molecule has 5 nitrogen and oxygen atoms in total. The van der Waals surface area contributed by atoms with Crippen molar-refractivity contribution < 1.29 is 13.5 Å². The van der Waals surface area contributed by atoms with Crippen LogP contribution in [0.2, 0.25) is 0 Å². The minimum absolute atomic E-state index is 0.231. The van der Waals surface area contributed by atoms with E-state index in [2.05, 4.69) is 0 Å². The molecule has 1 aromatic carbocycles. The largest absolute Gasteiger partial charge is 0.507 e. The van der Waals surface area contributed by atoms with Crippen molar-refractivity contribution in [2.45, 2.75) is 71.6 Å². The summed E-state index contributed by atoms with van der Waals surface area (Å²) in [5, 5.41) is 20.4. The summed E-state index contributed by atoms with van der Waals surface area (Å²) in [7, 11) is -3.81. The first-order valence-electron chi connectivity index (χ1n) is 9.78. The summed E-state index contributed by atoms with van der Waals surface area (Å²) in [5.74, 6) is 0.231. The van der Waals surface area contributed by atoms with E-state index in [0.717, 1.165) is 30.4 Å². The molecule has 0 bridgehead atoms. The summed E-state index contributed by atoms with van der Waals surface area (Å²) in [6, 6.07) is 5.46. The average molecular weight is 405 g/mol. The minimum Gasteiger partial charge on any atom is -0.507 e. The maximum absolute atomic E-state index is 12.9. The number of rotatable bonds is 3. The van der Waals surface area contributed by atoms with Crippen LogP contribution in [-0.4, -0.2) is 30.9 Å². The molecular formula is C22H32N2O3S. The number of phenols is 1. The van der Waals surface area contributed by atoms with Crippen molar-refractivity contribution in [3.63, 3.8) is 0 Å². The summed E-state index contributed by atoms with van der Waals surface area (Å²) in [6.45, 7) is 12.9. The van der Waals surface area contributed by atoms with E-state index in [1.54, 1.807) is 12.1 Å². The smallest absolute Gasteiger partial charge is 0.253 e. The lowest BCUT2D eigenvalue weighted by Crippen LogP contribution is -2.36. The highest BCUT2D eigenvalue weighted by Gasteiger charge is 2.30. The summed E-state index contributed by atoms with van der Waals surface area (Å²) in [6.07, 6.45) is 4.09. The zero-order valence-electron chi connectivity index (χ0n) is 17.8. The van der Waals surface area contributed by atoms with Crippen molar-refractivity contribution >= 4 is 16.1 Å². The molecule has 2 rings (SSSR count). The summed E-state index contributed by atoms with van der Waals surface area (Å²) in [5.41, 5.74) is 1.43. The van der Waals surface area contributed by atoms with Crippen molar-refractivity contribution in [2.75, 3.05) is 13.1 Å². The molecule has 1 aromatic rings. The van der Waals surface area contributed by atoms with Crippen molar-refractivity contribution in [1.29, 1.82) is 5.26 Å². The Kier molecular flexibility index (Phi) is 6.32. The zero-order chi connectivity index (χ0) is 21.3. The molecule has 1 aliphatic rings. The van der Waals surface area contributed by atoms with Gasteiger partial charge >= 0.3 is 0 Å². The monoisotopic (exact) mass is 404 g/mol. The van der Waals surface area contributed by atoms with Crippen molar-refractivity contribution in [2.24, 2.45) is 0 Å². The number of aromatic hydroxyl groups is 1. The van der Waals surface area contributed by atoms with E-state index < -0.39 is 10.0 Å². The van der Waals surface area contributed by atoms with E-state index in [1.165, 1.54) is 10.4 Å². The van der Waals surface area contributed by atoms with Crippen LogP contribution in [-0.2, 0) is 20.9 Å². The molecule has 1 saturated heterocycles. The maximum atomic E-state index is 12.9. The first-order valence-corrected chi connectivity index (χ1v) is 11.2. The summed E-state index contributed by atoms with van der Waals surface area (Å²) in [4.78, 5) is -0.250. The van der Waals surface area contributed by atoms with Gasteiger partial charge in [-0.05, 0) is 47.4 Å². The Balaban J connectivity index is 2.64. The molecule has 0 aliphatic carbocycles. The highest BCUT2D eigenvalue weighted by atomic mass is 32.2. The van der Waals surface area contributed by atoms with E-state index in [0.29, 0.717) is 18.7 Å². The number of allylic oxidation sites excluding steroid dienone is 1. The molecule has 0 saturated carbocycles. The predicted molar refractivity (Wildman–Crippen MR) is 113 cm³/mol. The standard InChI is InChI=1S/C22H32N2O3S/c1-21(2,3)18-13-16(14-19(20(18)25)22(4,5)6)12-17(15-23)28(26,27)24-10-8-7-9-11-24/h12-14,25H,7-11H2,1-6H3. The van der Waals surface area contributed by atoms with Gasteiger partial charge in [0.15, 0.2) is 4.91 Å². The van der Waals surface area contributed by atoms with Crippen LogP contribution in [0.15, 0.2) is 17.0 Å². The van der Waals surface area contributed by atoms with Gasteiger partial charge in [0.05, 0.1) is 0 Å². The lowest BCUT2D eigenvalue weighted by molar-refractivity contribution is 0.350. The van der Waals surface area contributed by atoms with Gasteiger partial charge in [-0.15, -0.1) is 0 Å². The summed E-state index contributed by atoms with van der Waals surface area (Å²) >= 11 is 0. The van der Waals surface area contributed by atoms with Crippen LogP contribution in [0.1, 0.15) is 77.5 Å². The molecule has 0 unspecified atom stereocenters. The molecule has 1 aliphatic heterocycles. The fourth-order valence-corrected chi connectivity index (χ4v) is 4.86. The third-order valence-corrected chi connectivity index (χ3v) is 6.90. The molecule has 0 amide bonds. The molecule has 0 atom stereocenters. The Hall–Kier alpha value is -1.84. The number of nitriles is 1. The van der Waals surface area contributed by atoms with Crippen LogP contribution < -0.4 is 0 Å². The van der Waals surface area contributed by atoms with Gasteiger partial charge in [-0.25, -0.2) is 8.42 Å². The average Bonchev–Trinajstić information content (AvgIpc) is 2.59. The highest BCUT2D eigenvalue weighted by Crippen LogP contribution is 2.40. The van der Waals surface area contributed by atoms with Gasteiger partial charge in [0.25, 0.3) is 10.0 Å².